The number of carbonyl (C=O) groups is 2. The third-order valence-electron chi connectivity index (χ3n) is 12.2. The van der Waals surface area contributed by atoms with Gasteiger partial charge < -0.3 is 25.8 Å². The number of hydrogen-bond acceptors (Lipinski definition) is 6. The zero-order valence-corrected chi connectivity index (χ0v) is 24.5. The molecule has 2 aromatic carbocycles. The number of hydrogen-bond donors (Lipinski definition) is 4. The minimum atomic E-state index is -1.05. The first kappa shape index (κ1) is 28.4. The molecule has 4 aliphatic rings. The van der Waals surface area contributed by atoms with E-state index in [4.69, 9.17) is 10.5 Å². The number of carboxylic acid groups (broad SMARTS) is 1. The number of carboxylic acids is 1. The Kier molecular flexibility index (Phi) is 6.68. The highest BCUT2D eigenvalue weighted by Gasteiger charge is 2.71. The minimum Gasteiger partial charge on any atom is -0.478 e. The molecule has 4 saturated carbocycles. The van der Waals surface area contributed by atoms with E-state index in [1.807, 2.05) is 42.5 Å². The smallest absolute Gasteiger partial charge is 0.336 e. The highest BCUT2D eigenvalue weighted by atomic mass is 16.5. The van der Waals surface area contributed by atoms with Crippen LogP contribution in [0, 0.1) is 34.0 Å². The van der Waals surface area contributed by atoms with Gasteiger partial charge in [-0.25, -0.2) is 4.79 Å². The Morgan fingerprint density at radius 2 is 1.66 bits per heavy atom. The second-order valence-electron chi connectivity index (χ2n) is 14.0. The summed E-state index contributed by atoms with van der Waals surface area (Å²) in [6.45, 7) is 8.10. The van der Waals surface area contributed by atoms with Crippen molar-refractivity contribution in [3.63, 3.8) is 0 Å². The second kappa shape index (κ2) is 9.65. The molecule has 0 heterocycles. The highest BCUT2D eigenvalue weighted by Crippen LogP contribution is 2.74. The molecule has 220 valence electrons. The van der Waals surface area contributed by atoms with Gasteiger partial charge in [0.1, 0.15) is 6.10 Å². The van der Waals surface area contributed by atoms with Crippen LogP contribution in [0.4, 0.5) is 0 Å². The molecule has 0 amide bonds. The third kappa shape index (κ3) is 4.03. The number of nitrogens with two attached hydrogens (primary N) is 1. The molecule has 0 aliphatic heterocycles. The van der Waals surface area contributed by atoms with E-state index in [1.54, 1.807) is 0 Å². The zero-order valence-electron chi connectivity index (χ0n) is 24.5. The van der Waals surface area contributed by atoms with Crippen molar-refractivity contribution in [3.8, 4) is 0 Å². The number of rotatable bonds is 3. The molecule has 0 aromatic heterocycles. The summed E-state index contributed by atoms with van der Waals surface area (Å²) in [4.78, 5) is 25.5. The summed E-state index contributed by atoms with van der Waals surface area (Å²) in [5.74, 6) is -1.74. The monoisotopic (exact) mass is 561 g/mol. The third-order valence-corrected chi connectivity index (χ3v) is 12.2. The maximum Gasteiger partial charge on any atom is 0.336 e. The summed E-state index contributed by atoms with van der Waals surface area (Å²) < 4.78 is 5.95. The molecule has 0 spiro atoms. The average molecular weight is 562 g/mol. The predicted molar refractivity (Wildman–Crippen MR) is 157 cm³/mol. The van der Waals surface area contributed by atoms with Crippen LogP contribution >= 0.6 is 0 Å². The van der Waals surface area contributed by atoms with Crippen LogP contribution in [0.2, 0.25) is 0 Å². The molecule has 7 nitrogen and oxygen atoms in total. The molecule has 0 saturated heterocycles. The van der Waals surface area contributed by atoms with E-state index in [0.29, 0.717) is 30.4 Å². The molecule has 4 aliphatic carbocycles. The number of ether oxygens (including phenoxy) is 1. The SMILES string of the molecule is CC(=O)O[C@H]1C[C@@]2(C)C(C[C@@H](O)[C@H]3[C@@]4(C)CC[C@@H](O)[C@@H](N)[C@@H]4CC[C@@]32C)/C1=C(/C(=O)O)c1ccc2ccccc2c1. The van der Waals surface area contributed by atoms with Crippen LogP contribution in [0.1, 0.15) is 71.8 Å². The molecule has 4 fully saturated rings. The topological polar surface area (TPSA) is 130 Å². The fourth-order valence-corrected chi connectivity index (χ4v) is 10.3. The van der Waals surface area contributed by atoms with Gasteiger partial charge in [-0.1, -0.05) is 57.2 Å². The summed E-state index contributed by atoms with van der Waals surface area (Å²) >= 11 is 0. The molecule has 2 aromatic rings. The second-order valence-corrected chi connectivity index (χ2v) is 14.0. The molecule has 5 N–H and O–H groups in total. The number of fused-ring (bicyclic) bond motifs is 6. The maximum atomic E-state index is 13.1. The van der Waals surface area contributed by atoms with Crippen LogP contribution in [0.25, 0.3) is 16.3 Å². The lowest BCUT2D eigenvalue weighted by Gasteiger charge is -2.68. The van der Waals surface area contributed by atoms with Gasteiger partial charge in [0.2, 0.25) is 0 Å². The summed E-state index contributed by atoms with van der Waals surface area (Å²) in [6, 6.07) is 13.2. The van der Waals surface area contributed by atoms with Crippen molar-refractivity contribution in [3.05, 3.63) is 53.6 Å². The molecule has 0 bridgehead atoms. The van der Waals surface area contributed by atoms with Crippen molar-refractivity contribution in [2.24, 2.45) is 39.7 Å². The van der Waals surface area contributed by atoms with Gasteiger partial charge in [-0.05, 0) is 100 Å². The van der Waals surface area contributed by atoms with Crippen LogP contribution in [-0.2, 0) is 14.3 Å². The number of benzene rings is 2. The van der Waals surface area contributed by atoms with E-state index < -0.39 is 35.7 Å². The summed E-state index contributed by atoms with van der Waals surface area (Å²) in [6.07, 6.45) is 2.05. The first-order valence-corrected chi connectivity index (χ1v) is 15.1. The number of aliphatic hydroxyl groups excluding tert-OH is 2. The van der Waals surface area contributed by atoms with Crippen molar-refractivity contribution in [1.82, 2.24) is 0 Å². The average Bonchev–Trinajstić information content (AvgIpc) is 3.17. The van der Waals surface area contributed by atoms with Crippen LogP contribution in [-0.4, -0.2) is 51.6 Å². The van der Waals surface area contributed by atoms with Crippen molar-refractivity contribution >= 4 is 28.3 Å². The minimum absolute atomic E-state index is 0.0696. The molecule has 10 atom stereocenters. The Labute approximate surface area is 241 Å². The molecule has 0 radical (unpaired) electrons. The molecule has 7 heteroatoms. The summed E-state index contributed by atoms with van der Waals surface area (Å²) in [7, 11) is 0. The lowest BCUT2D eigenvalue weighted by atomic mass is 9.37. The van der Waals surface area contributed by atoms with Gasteiger partial charge in [-0.2, -0.15) is 0 Å². The quantitative estimate of drug-likeness (QED) is 0.309. The van der Waals surface area contributed by atoms with Gasteiger partial charge in [0, 0.05) is 13.0 Å². The zero-order chi connectivity index (χ0) is 29.5. The Balaban J connectivity index is 1.52. The summed E-state index contributed by atoms with van der Waals surface area (Å²) in [5, 5.41) is 35.3. The van der Waals surface area contributed by atoms with Gasteiger partial charge in [0.15, 0.2) is 0 Å². The van der Waals surface area contributed by atoms with Gasteiger partial charge in [0.25, 0.3) is 0 Å². The van der Waals surface area contributed by atoms with Gasteiger partial charge in [0.05, 0.1) is 17.8 Å². The van der Waals surface area contributed by atoms with Crippen LogP contribution < -0.4 is 5.73 Å². The Hall–Kier alpha value is -2.74. The fourth-order valence-electron chi connectivity index (χ4n) is 10.3. The van der Waals surface area contributed by atoms with E-state index in [2.05, 4.69) is 20.8 Å². The number of aliphatic carboxylic acids is 1. The van der Waals surface area contributed by atoms with Gasteiger partial charge >= 0.3 is 11.9 Å². The number of esters is 1. The fraction of sp³-hybridized carbons (Fsp3) is 0.588. The van der Waals surface area contributed by atoms with Crippen LogP contribution in [0.15, 0.2) is 48.0 Å². The van der Waals surface area contributed by atoms with E-state index in [1.165, 1.54) is 6.92 Å². The number of carbonyl (C=O) groups excluding carboxylic acids is 1. The van der Waals surface area contributed by atoms with E-state index >= 15 is 0 Å². The first-order valence-electron chi connectivity index (χ1n) is 15.1. The van der Waals surface area contributed by atoms with E-state index in [0.717, 1.165) is 30.0 Å². The Morgan fingerprint density at radius 3 is 2.34 bits per heavy atom. The predicted octanol–water partition coefficient (Wildman–Crippen LogP) is 4.92. The molecule has 6 rings (SSSR count). The molecular weight excluding hydrogens is 518 g/mol. The van der Waals surface area contributed by atoms with Gasteiger partial charge in [-0.15, -0.1) is 0 Å². The van der Waals surface area contributed by atoms with E-state index in [-0.39, 0.29) is 40.2 Å². The maximum absolute atomic E-state index is 13.1. The van der Waals surface area contributed by atoms with Crippen molar-refractivity contribution < 1.29 is 29.6 Å². The highest BCUT2D eigenvalue weighted by molar-refractivity contribution is 6.17. The number of aliphatic hydroxyl groups is 2. The largest absolute Gasteiger partial charge is 0.478 e. The standard InChI is InChI=1S/C34H43NO6/c1-18(36)41-26-17-34(4)23(28(26)27(31(39)40)21-10-9-19-7-5-6-8-20(19)15-21)16-25(38)30-32(2)13-12-24(37)29(35)22(32)11-14-33(30,34)3/h5-10,15,22-26,29-30,37-38H,11-14,16-17,35H2,1-4H3,(H,39,40)/b28-27-/t22-,23?,24+,25+,26-,29-,30-,32-,33-,34-/m0/s1. The first-order chi connectivity index (χ1) is 19.3. The molecule has 41 heavy (non-hydrogen) atoms. The lowest BCUT2D eigenvalue weighted by Crippen LogP contribution is -2.67. The van der Waals surface area contributed by atoms with Crippen LogP contribution in [0.3, 0.4) is 0 Å². The molecule has 1 unspecified atom stereocenters. The normalized spacial score (nSPS) is 43.0. The lowest BCUT2D eigenvalue weighted by molar-refractivity contribution is -0.227. The van der Waals surface area contributed by atoms with Crippen molar-refractivity contribution in [2.75, 3.05) is 0 Å². The Morgan fingerprint density at radius 1 is 0.951 bits per heavy atom. The Bertz CT molecular complexity index is 1440. The van der Waals surface area contributed by atoms with E-state index in [9.17, 15) is 24.9 Å². The van der Waals surface area contributed by atoms with Gasteiger partial charge in [-0.3, -0.25) is 4.79 Å². The molecular formula is C34H43NO6. The summed E-state index contributed by atoms with van der Waals surface area (Å²) in [5.41, 5.74) is 6.93. The van der Waals surface area contributed by atoms with Crippen molar-refractivity contribution in [1.29, 1.82) is 0 Å². The van der Waals surface area contributed by atoms with Crippen LogP contribution in [0.5, 0.6) is 0 Å². The van der Waals surface area contributed by atoms with Crippen molar-refractivity contribution in [2.45, 2.75) is 90.6 Å².